The Morgan fingerprint density at radius 2 is 1.96 bits per heavy atom. The van der Waals surface area contributed by atoms with Gasteiger partial charge < -0.3 is 5.73 Å². The van der Waals surface area contributed by atoms with Crippen LogP contribution >= 0.6 is 35.6 Å². The summed E-state index contributed by atoms with van der Waals surface area (Å²) in [6.07, 6.45) is 3.46. The summed E-state index contributed by atoms with van der Waals surface area (Å²) in [7, 11) is 0. The number of benzene rings is 1. The van der Waals surface area contributed by atoms with Gasteiger partial charge in [-0.2, -0.15) is 5.10 Å². The van der Waals surface area contributed by atoms with Crippen LogP contribution in [0.2, 0.25) is 10.0 Å². The molecule has 1 aromatic heterocycles. The number of halogens is 3. The number of carbonyl (C=O) groups is 1. The Morgan fingerprint density at radius 1 is 1.35 bits per heavy atom. The van der Waals surface area contributed by atoms with Crippen LogP contribution in [-0.2, 0) is 0 Å². The zero-order valence-corrected chi connectivity index (χ0v) is 14.2. The van der Waals surface area contributed by atoms with Gasteiger partial charge in [-0.1, -0.05) is 29.3 Å². The van der Waals surface area contributed by atoms with Gasteiger partial charge in [0.15, 0.2) is 5.96 Å². The van der Waals surface area contributed by atoms with Crippen LogP contribution in [0.15, 0.2) is 24.4 Å². The Hall–Kier alpha value is -1.76. The van der Waals surface area contributed by atoms with Crippen LogP contribution in [0.3, 0.4) is 0 Å². The third-order valence-corrected chi connectivity index (χ3v) is 4.10. The minimum Gasteiger partial charge on any atom is -0.369 e. The highest BCUT2D eigenvalue weighted by atomic mass is 35.5. The van der Waals surface area contributed by atoms with Crippen molar-refractivity contribution in [1.29, 1.82) is 5.41 Å². The number of carbonyl (C=O) groups excluding carboxylic acids is 1. The SMILES string of the molecule is Cl.N=C(N)N(C(=O)c1cn[nH]c1C1CC1)c1c(Cl)cccc1Cl. The van der Waals surface area contributed by atoms with E-state index in [9.17, 15) is 4.79 Å². The number of nitrogens with zero attached hydrogens (tertiary/aromatic N) is 2. The number of hydrogen-bond acceptors (Lipinski definition) is 3. The molecule has 3 rings (SSSR count). The molecule has 6 nitrogen and oxygen atoms in total. The lowest BCUT2D eigenvalue weighted by Gasteiger charge is -2.22. The average Bonchev–Trinajstić information content (AvgIpc) is 3.19. The molecule has 1 aliphatic rings. The number of aromatic amines is 1. The van der Waals surface area contributed by atoms with Gasteiger partial charge in [0, 0.05) is 5.92 Å². The number of guanidine groups is 1. The zero-order valence-electron chi connectivity index (χ0n) is 11.8. The molecular formula is C14H14Cl3N5O. The fourth-order valence-electron chi connectivity index (χ4n) is 2.30. The molecule has 2 aromatic rings. The second-order valence-electron chi connectivity index (χ2n) is 5.07. The number of aromatic nitrogens is 2. The summed E-state index contributed by atoms with van der Waals surface area (Å²) in [6.45, 7) is 0. The van der Waals surface area contributed by atoms with E-state index < -0.39 is 11.9 Å². The molecule has 9 heteroatoms. The third-order valence-electron chi connectivity index (χ3n) is 3.49. The molecule has 0 bridgehead atoms. The van der Waals surface area contributed by atoms with E-state index >= 15 is 0 Å². The van der Waals surface area contributed by atoms with E-state index in [2.05, 4.69) is 10.2 Å². The van der Waals surface area contributed by atoms with Crippen LogP contribution in [0.1, 0.15) is 34.8 Å². The molecule has 0 radical (unpaired) electrons. The molecule has 0 atom stereocenters. The minimum absolute atomic E-state index is 0. The molecule has 0 spiro atoms. The number of nitrogens with two attached hydrogens (primary N) is 1. The summed E-state index contributed by atoms with van der Waals surface area (Å²) in [6, 6.07) is 4.83. The zero-order chi connectivity index (χ0) is 15.9. The monoisotopic (exact) mass is 373 g/mol. The standard InChI is InChI=1S/C14H13Cl2N5O.ClH/c15-9-2-1-3-10(16)12(9)21(14(17)18)13(22)8-6-19-20-11(8)7-4-5-7;/h1-3,6-7H,4-5H2,(H3,17,18)(H,19,20);1H. The maximum absolute atomic E-state index is 12.8. The summed E-state index contributed by atoms with van der Waals surface area (Å²) in [5.74, 6) is -0.627. The second-order valence-corrected chi connectivity index (χ2v) is 5.88. The maximum Gasteiger partial charge on any atom is 0.268 e. The first-order chi connectivity index (χ1) is 10.5. The van der Waals surface area contributed by atoms with Crippen molar-refractivity contribution >= 4 is 53.2 Å². The summed E-state index contributed by atoms with van der Waals surface area (Å²) < 4.78 is 0. The highest BCUT2D eigenvalue weighted by Gasteiger charge is 2.33. The molecule has 0 aliphatic heterocycles. The van der Waals surface area contributed by atoms with E-state index in [1.807, 2.05) is 0 Å². The van der Waals surface area contributed by atoms with Crippen molar-refractivity contribution in [3.05, 3.63) is 45.7 Å². The van der Waals surface area contributed by atoms with Crippen molar-refractivity contribution in [2.24, 2.45) is 5.73 Å². The van der Waals surface area contributed by atoms with Crippen molar-refractivity contribution in [2.45, 2.75) is 18.8 Å². The average molecular weight is 375 g/mol. The predicted octanol–water partition coefficient (Wildman–Crippen LogP) is 3.56. The topological polar surface area (TPSA) is 98.9 Å². The Labute approximate surface area is 148 Å². The predicted molar refractivity (Wildman–Crippen MR) is 93.0 cm³/mol. The molecule has 0 unspecified atom stereocenters. The number of rotatable bonds is 3. The molecule has 0 saturated heterocycles. The molecule has 1 aliphatic carbocycles. The number of para-hydroxylation sites is 1. The van der Waals surface area contributed by atoms with E-state index in [0.29, 0.717) is 11.5 Å². The van der Waals surface area contributed by atoms with Gasteiger partial charge in [-0.25, -0.2) is 4.90 Å². The largest absolute Gasteiger partial charge is 0.369 e. The first kappa shape index (κ1) is 17.6. The van der Waals surface area contributed by atoms with E-state index in [-0.39, 0.29) is 28.1 Å². The van der Waals surface area contributed by atoms with E-state index in [1.54, 1.807) is 18.2 Å². The molecule has 122 valence electrons. The number of nitrogens with one attached hydrogen (secondary N) is 2. The molecular weight excluding hydrogens is 361 g/mol. The molecule has 1 saturated carbocycles. The molecule has 1 heterocycles. The van der Waals surface area contributed by atoms with Crippen molar-refractivity contribution in [3.63, 3.8) is 0 Å². The van der Waals surface area contributed by atoms with Crippen molar-refractivity contribution < 1.29 is 4.79 Å². The van der Waals surface area contributed by atoms with Gasteiger partial charge in [0.25, 0.3) is 5.91 Å². The summed E-state index contributed by atoms with van der Waals surface area (Å²) in [5, 5.41) is 15.0. The van der Waals surface area contributed by atoms with Gasteiger partial charge in [-0.3, -0.25) is 15.3 Å². The van der Waals surface area contributed by atoms with Gasteiger partial charge >= 0.3 is 0 Å². The van der Waals surface area contributed by atoms with E-state index in [1.165, 1.54) is 6.20 Å². The minimum atomic E-state index is -0.474. The van der Waals surface area contributed by atoms with Gasteiger partial charge in [-0.05, 0) is 25.0 Å². The lowest BCUT2D eigenvalue weighted by molar-refractivity contribution is 0.100. The smallest absolute Gasteiger partial charge is 0.268 e. The van der Waals surface area contributed by atoms with E-state index in [4.69, 9.17) is 34.3 Å². The molecule has 1 amide bonds. The molecule has 1 aromatic carbocycles. The lowest BCUT2D eigenvalue weighted by Crippen LogP contribution is -2.42. The number of anilines is 1. The Morgan fingerprint density at radius 3 is 2.48 bits per heavy atom. The van der Waals surface area contributed by atoms with Gasteiger partial charge in [0.2, 0.25) is 0 Å². The second kappa shape index (κ2) is 6.78. The van der Waals surface area contributed by atoms with Crippen LogP contribution in [0.25, 0.3) is 0 Å². The highest BCUT2D eigenvalue weighted by molar-refractivity contribution is 6.42. The summed E-state index contributed by atoms with van der Waals surface area (Å²) >= 11 is 12.3. The van der Waals surface area contributed by atoms with Crippen molar-refractivity contribution in [2.75, 3.05) is 4.90 Å². The first-order valence-electron chi connectivity index (χ1n) is 6.66. The van der Waals surface area contributed by atoms with Crippen LogP contribution in [0.5, 0.6) is 0 Å². The maximum atomic E-state index is 12.8. The van der Waals surface area contributed by atoms with Gasteiger partial charge in [0.05, 0.1) is 33.2 Å². The Balaban J connectivity index is 0.00000192. The van der Waals surface area contributed by atoms with E-state index in [0.717, 1.165) is 23.4 Å². The Kier molecular flexibility index (Phi) is 5.19. The summed E-state index contributed by atoms with van der Waals surface area (Å²) in [5.41, 5.74) is 6.94. The van der Waals surface area contributed by atoms with Crippen LogP contribution in [-0.4, -0.2) is 22.1 Å². The van der Waals surface area contributed by atoms with Crippen LogP contribution in [0.4, 0.5) is 5.69 Å². The highest BCUT2D eigenvalue weighted by Crippen LogP contribution is 2.41. The van der Waals surface area contributed by atoms with Gasteiger partial charge in [-0.15, -0.1) is 12.4 Å². The van der Waals surface area contributed by atoms with Crippen molar-refractivity contribution in [3.8, 4) is 0 Å². The molecule has 4 N–H and O–H groups in total. The summed E-state index contributed by atoms with van der Waals surface area (Å²) in [4.78, 5) is 13.8. The number of hydrogen-bond donors (Lipinski definition) is 3. The van der Waals surface area contributed by atoms with Crippen LogP contribution < -0.4 is 10.6 Å². The first-order valence-corrected chi connectivity index (χ1v) is 7.42. The Bertz CT molecular complexity index is 736. The quantitative estimate of drug-likeness (QED) is 0.566. The van der Waals surface area contributed by atoms with Gasteiger partial charge in [0.1, 0.15) is 0 Å². The lowest BCUT2D eigenvalue weighted by atomic mass is 10.1. The van der Waals surface area contributed by atoms with Crippen LogP contribution in [0, 0.1) is 5.41 Å². The van der Waals surface area contributed by atoms with Crippen molar-refractivity contribution in [1.82, 2.24) is 10.2 Å². The fourth-order valence-corrected chi connectivity index (χ4v) is 2.87. The molecule has 1 fully saturated rings. The third kappa shape index (κ3) is 3.29. The normalized spacial score (nSPS) is 13.3. The number of H-pyrrole nitrogens is 1. The fraction of sp³-hybridized carbons (Fsp3) is 0.214. The number of amides is 1. The molecule has 23 heavy (non-hydrogen) atoms.